The van der Waals surface area contributed by atoms with E-state index < -0.39 is 0 Å². The summed E-state index contributed by atoms with van der Waals surface area (Å²) in [6, 6.07) is 15.3. The molecule has 1 aliphatic heterocycles. The maximum Gasteiger partial charge on any atom is 0.322 e. The smallest absolute Gasteiger partial charge is 0.322 e. The molecule has 1 N–H and O–H groups in total. The zero-order valence-electron chi connectivity index (χ0n) is 15.5. The van der Waals surface area contributed by atoms with Crippen LogP contribution in [-0.2, 0) is 0 Å². The molecule has 0 bridgehead atoms. The van der Waals surface area contributed by atoms with Crippen LogP contribution in [0.5, 0.6) is 0 Å². The van der Waals surface area contributed by atoms with Crippen molar-refractivity contribution in [3.63, 3.8) is 0 Å². The molecule has 138 valence electrons. The Hall–Kier alpha value is -3.15. The van der Waals surface area contributed by atoms with Crippen molar-refractivity contribution < 1.29 is 9.32 Å². The highest BCUT2D eigenvalue weighted by atomic mass is 16.5. The lowest BCUT2D eigenvalue weighted by Gasteiger charge is -2.22. The molecular weight excluding hydrogens is 340 g/mol. The number of carbonyl (C=O) groups is 1. The van der Waals surface area contributed by atoms with Gasteiger partial charge in [0.05, 0.1) is 0 Å². The third-order valence-corrected chi connectivity index (χ3v) is 4.93. The van der Waals surface area contributed by atoms with Gasteiger partial charge in [0.25, 0.3) is 0 Å². The largest absolute Gasteiger partial charge is 0.337 e. The molecule has 2 amide bonds. The van der Waals surface area contributed by atoms with Gasteiger partial charge in [-0.1, -0.05) is 47.1 Å². The number of carbonyl (C=O) groups excluding carboxylic acids is 1. The first-order chi connectivity index (χ1) is 13.1. The number of nitrogens with one attached hydrogen (secondary N) is 1. The Morgan fingerprint density at radius 2 is 1.93 bits per heavy atom. The highest BCUT2D eigenvalue weighted by Crippen LogP contribution is 2.33. The fourth-order valence-corrected chi connectivity index (χ4v) is 3.40. The third kappa shape index (κ3) is 3.56. The molecule has 1 fully saturated rings. The second kappa shape index (κ2) is 7.23. The molecule has 3 aromatic rings. The van der Waals surface area contributed by atoms with Crippen molar-refractivity contribution in [2.24, 2.45) is 0 Å². The molecule has 1 atom stereocenters. The van der Waals surface area contributed by atoms with E-state index in [4.69, 9.17) is 4.52 Å². The molecule has 4 rings (SSSR count). The van der Waals surface area contributed by atoms with Crippen molar-refractivity contribution in [2.75, 3.05) is 11.9 Å². The zero-order valence-corrected chi connectivity index (χ0v) is 15.5. The van der Waals surface area contributed by atoms with Gasteiger partial charge in [-0.05, 0) is 44.4 Å². The van der Waals surface area contributed by atoms with E-state index in [0.29, 0.717) is 18.3 Å². The summed E-state index contributed by atoms with van der Waals surface area (Å²) in [7, 11) is 0. The Kier molecular flexibility index (Phi) is 4.62. The maximum atomic E-state index is 12.7. The number of aromatic nitrogens is 2. The summed E-state index contributed by atoms with van der Waals surface area (Å²) in [5.41, 5.74) is 3.97. The maximum absolute atomic E-state index is 12.7. The van der Waals surface area contributed by atoms with Gasteiger partial charge in [-0.15, -0.1) is 0 Å². The number of likely N-dealkylation sites (tertiary alicyclic amines) is 1. The van der Waals surface area contributed by atoms with Gasteiger partial charge in [0.2, 0.25) is 11.7 Å². The second-order valence-electron chi connectivity index (χ2n) is 6.92. The molecule has 2 aromatic carbocycles. The minimum Gasteiger partial charge on any atom is -0.337 e. The molecule has 1 aliphatic rings. The zero-order chi connectivity index (χ0) is 18.8. The number of anilines is 1. The van der Waals surface area contributed by atoms with Gasteiger partial charge < -0.3 is 14.7 Å². The van der Waals surface area contributed by atoms with E-state index in [-0.39, 0.29) is 12.1 Å². The minimum atomic E-state index is -0.194. The van der Waals surface area contributed by atoms with E-state index in [0.717, 1.165) is 35.2 Å². The summed E-state index contributed by atoms with van der Waals surface area (Å²) >= 11 is 0. The second-order valence-corrected chi connectivity index (χ2v) is 6.92. The Balaban J connectivity index is 1.52. The molecule has 6 nitrogen and oxygen atoms in total. The standard InChI is InChI=1S/C21H22N4O2/c1-14-9-11-16(12-10-14)22-21(26)25-13-5-8-18(25)20-23-19(24-27-20)17-7-4-3-6-15(17)2/h3-4,6-7,9-12,18H,5,8,13H2,1-2H3,(H,22,26)/t18-/m1/s1. The summed E-state index contributed by atoms with van der Waals surface area (Å²) < 4.78 is 5.52. The summed E-state index contributed by atoms with van der Waals surface area (Å²) in [6.45, 7) is 4.70. The van der Waals surface area contributed by atoms with Gasteiger partial charge in [0.1, 0.15) is 6.04 Å². The monoisotopic (exact) mass is 362 g/mol. The van der Waals surface area contributed by atoms with Crippen LogP contribution in [0.2, 0.25) is 0 Å². The molecule has 0 radical (unpaired) electrons. The fraction of sp³-hybridized carbons (Fsp3) is 0.286. The molecule has 1 saturated heterocycles. The summed E-state index contributed by atoms with van der Waals surface area (Å²) in [5.74, 6) is 1.05. The molecule has 0 aliphatic carbocycles. The topological polar surface area (TPSA) is 71.3 Å². The van der Waals surface area contributed by atoms with Crippen LogP contribution in [0.3, 0.4) is 0 Å². The first kappa shape index (κ1) is 17.3. The Morgan fingerprint density at radius 1 is 1.15 bits per heavy atom. The molecule has 0 saturated carbocycles. The average molecular weight is 362 g/mol. The number of hydrogen-bond acceptors (Lipinski definition) is 4. The van der Waals surface area contributed by atoms with E-state index >= 15 is 0 Å². The van der Waals surface area contributed by atoms with Crippen molar-refractivity contribution in [2.45, 2.75) is 32.7 Å². The SMILES string of the molecule is Cc1ccc(NC(=O)N2CCC[C@@H]2c2nc(-c3ccccc3C)no2)cc1. The van der Waals surface area contributed by atoms with Crippen LogP contribution in [0.25, 0.3) is 11.4 Å². The van der Waals surface area contributed by atoms with Gasteiger partial charge in [-0.2, -0.15) is 4.98 Å². The van der Waals surface area contributed by atoms with Crippen LogP contribution < -0.4 is 5.32 Å². The lowest BCUT2D eigenvalue weighted by atomic mass is 10.1. The van der Waals surface area contributed by atoms with Crippen LogP contribution in [0, 0.1) is 13.8 Å². The molecule has 0 unspecified atom stereocenters. The van der Waals surface area contributed by atoms with Gasteiger partial charge in [-0.3, -0.25) is 0 Å². The van der Waals surface area contributed by atoms with E-state index in [2.05, 4.69) is 15.5 Å². The quantitative estimate of drug-likeness (QED) is 0.732. The molecule has 1 aromatic heterocycles. The van der Waals surface area contributed by atoms with E-state index in [1.165, 1.54) is 0 Å². The highest BCUT2D eigenvalue weighted by molar-refractivity contribution is 5.89. The lowest BCUT2D eigenvalue weighted by Crippen LogP contribution is -2.34. The lowest BCUT2D eigenvalue weighted by molar-refractivity contribution is 0.193. The first-order valence-corrected chi connectivity index (χ1v) is 9.16. The summed E-state index contributed by atoms with van der Waals surface area (Å²) in [5, 5.41) is 7.09. The molecule has 0 spiro atoms. The van der Waals surface area contributed by atoms with Crippen molar-refractivity contribution in [1.29, 1.82) is 0 Å². The number of amides is 2. The van der Waals surface area contributed by atoms with E-state index in [9.17, 15) is 4.79 Å². The van der Waals surface area contributed by atoms with Crippen LogP contribution >= 0.6 is 0 Å². The van der Waals surface area contributed by atoms with Gasteiger partial charge in [-0.25, -0.2) is 4.79 Å². The number of urea groups is 1. The number of benzene rings is 2. The Morgan fingerprint density at radius 3 is 2.70 bits per heavy atom. The van der Waals surface area contributed by atoms with Crippen LogP contribution in [0.4, 0.5) is 10.5 Å². The van der Waals surface area contributed by atoms with Gasteiger partial charge in [0.15, 0.2) is 0 Å². The van der Waals surface area contributed by atoms with Crippen molar-refractivity contribution in [1.82, 2.24) is 15.0 Å². The van der Waals surface area contributed by atoms with Crippen LogP contribution in [0.15, 0.2) is 53.1 Å². The molecule has 6 heteroatoms. The summed E-state index contributed by atoms with van der Waals surface area (Å²) in [6.07, 6.45) is 1.73. The minimum absolute atomic E-state index is 0.142. The predicted octanol–water partition coefficient (Wildman–Crippen LogP) is 4.72. The number of hydrogen-bond donors (Lipinski definition) is 1. The van der Waals surface area contributed by atoms with Gasteiger partial charge in [0, 0.05) is 17.8 Å². The highest BCUT2D eigenvalue weighted by Gasteiger charge is 2.34. The van der Waals surface area contributed by atoms with E-state index in [1.54, 1.807) is 4.90 Å². The van der Waals surface area contributed by atoms with Crippen molar-refractivity contribution in [3.8, 4) is 11.4 Å². The fourth-order valence-electron chi connectivity index (χ4n) is 3.40. The predicted molar refractivity (Wildman–Crippen MR) is 103 cm³/mol. The Bertz CT molecular complexity index is 949. The molecule has 2 heterocycles. The van der Waals surface area contributed by atoms with E-state index in [1.807, 2.05) is 62.4 Å². The molecule has 27 heavy (non-hydrogen) atoms. The number of rotatable bonds is 3. The Labute approximate surface area is 158 Å². The number of aryl methyl sites for hydroxylation is 2. The third-order valence-electron chi connectivity index (χ3n) is 4.93. The van der Waals surface area contributed by atoms with Gasteiger partial charge >= 0.3 is 6.03 Å². The summed E-state index contributed by atoms with van der Waals surface area (Å²) in [4.78, 5) is 19.1. The van der Waals surface area contributed by atoms with Crippen molar-refractivity contribution in [3.05, 3.63) is 65.5 Å². The number of nitrogens with zero attached hydrogens (tertiary/aromatic N) is 3. The first-order valence-electron chi connectivity index (χ1n) is 9.16. The van der Waals surface area contributed by atoms with Crippen LogP contribution in [-0.4, -0.2) is 27.6 Å². The normalized spacial score (nSPS) is 16.5. The average Bonchev–Trinajstić information content (AvgIpc) is 3.33. The molecular formula is C21H22N4O2. The van der Waals surface area contributed by atoms with Crippen LogP contribution in [0.1, 0.15) is 35.9 Å². The van der Waals surface area contributed by atoms with Crippen molar-refractivity contribution >= 4 is 11.7 Å².